The number of esters is 1. The summed E-state index contributed by atoms with van der Waals surface area (Å²) < 4.78 is 4.99. The van der Waals surface area contributed by atoms with Gasteiger partial charge in [0.25, 0.3) is 0 Å². The molecule has 0 amide bonds. The molecule has 0 saturated carbocycles. The fourth-order valence-electron chi connectivity index (χ4n) is 1.21. The number of rotatable bonds is 4. The van der Waals surface area contributed by atoms with Crippen LogP contribution in [0, 0.1) is 0 Å². The van der Waals surface area contributed by atoms with Crippen LogP contribution in [0.2, 0.25) is 0 Å². The first kappa shape index (κ1) is 10.5. The lowest BCUT2D eigenvalue weighted by Gasteiger charge is -2.01. The van der Waals surface area contributed by atoms with Crippen LogP contribution in [0.5, 0.6) is 0 Å². The van der Waals surface area contributed by atoms with Gasteiger partial charge < -0.3 is 9.72 Å². The average Bonchev–Trinajstić information content (AvgIpc) is 2.76. The zero-order valence-electron chi connectivity index (χ0n) is 8.93. The standard InChI is InChI=1S/C10H12N4O2/c1-2-3-4-16-10(15)9-11-5-7-8(14-9)13-6-12-7/h5-6H,2-4H2,1H3,(H,11,12,13,14). The number of aromatic amines is 1. The lowest BCUT2D eigenvalue weighted by Crippen LogP contribution is -2.10. The van der Waals surface area contributed by atoms with Crippen LogP contribution in [0.15, 0.2) is 12.5 Å². The maximum Gasteiger partial charge on any atom is 0.376 e. The highest BCUT2D eigenvalue weighted by molar-refractivity contribution is 5.87. The van der Waals surface area contributed by atoms with Crippen LogP contribution in [0.1, 0.15) is 30.4 Å². The molecule has 6 nitrogen and oxygen atoms in total. The van der Waals surface area contributed by atoms with E-state index in [2.05, 4.69) is 19.9 Å². The summed E-state index contributed by atoms with van der Waals surface area (Å²) in [6.45, 7) is 2.43. The van der Waals surface area contributed by atoms with E-state index in [4.69, 9.17) is 4.74 Å². The van der Waals surface area contributed by atoms with Crippen LogP contribution in [-0.4, -0.2) is 32.5 Å². The topological polar surface area (TPSA) is 80.8 Å². The number of hydrogen-bond donors (Lipinski definition) is 1. The first-order valence-electron chi connectivity index (χ1n) is 5.14. The van der Waals surface area contributed by atoms with E-state index in [-0.39, 0.29) is 5.82 Å². The molecule has 2 aromatic heterocycles. The number of carbonyl (C=O) groups excluding carboxylic acids is 1. The number of hydrogen-bond acceptors (Lipinski definition) is 5. The van der Waals surface area contributed by atoms with Crippen molar-refractivity contribution < 1.29 is 9.53 Å². The molecule has 0 unspecified atom stereocenters. The molecule has 0 atom stereocenters. The van der Waals surface area contributed by atoms with Gasteiger partial charge in [0.05, 0.1) is 19.1 Å². The fraction of sp³-hybridized carbons (Fsp3) is 0.400. The number of ether oxygens (including phenoxy) is 1. The number of aromatic nitrogens is 4. The minimum atomic E-state index is -0.502. The third-order valence-electron chi connectivity index (χ3n) is 2.09. The van der Waals surface area contributed by atoms with Crippen molar-refractivity contribution in [3.05, 3.63) is 18.3 Å². The first-order chi connectivity index (χ1) is 7.81. The summed E-state index contributed by atoms with van der Waals surface area (Å²) >= 11 is 0. The van der Waals surface area contributed by atoms with E-state index in [1.807, 2.05) is 6.92 Å². The Balaban J connectivity index is 2.10. The van der Waals surface area contributed by atoms with Gasteiger partial charge in [0.2, 0.25) is 5.82 Å². The Kier molecular flexibility index (Phi) is 3.09. The third-order valence-corrected chi connectivity index (χ3v) is 2.09. The molecule has 2 heterocycles. The van der Waals surface area contributed by atoms with Crippen LogP contribution < -0.4 is 0 Å². The minimum absolute atomic E-state index is 0.0516. The van der Waals surface area contributed by atoms with Crippen molar-refractivity contribution in [3.63, 3.8) is 0 Å². The van der Waals surface area contributed by atoms with Gasteiger partial charge in [-0.2, -0.15) is 0 Å². The summed E-state index contributed by atoms with van der Waals surface area (Å²) in [6.07, 6.45) is 4.85. The lowest BCUT2D eigenvalue weighted by atomic mass is 10.4. The third kappa shape index (κ3) is 2.16. The molecule has 0 bridgehead atoms. The van der Waals surface area contributed by atoms with Gasteiger partial charge in [0, 0.05) is 0 Å². The molecule has 0 aromatic carbocycles. The van der Waals surface area contributed by atoms with Gasteiger partial charge in [-0.1, -0.05) is 13.3 Å². The second-order valence-corrected chi connectivity index (χ2v) is 3.32. The van der Waals surface area contributed by atoms with Crippen molar-refractivity contribution in [2.24, 2.45) is 0 Å². The Morgan fingerprint density at radius 2 is 2.38 bits per heavy atom. The van der Waals surface area contributed by atoms with Crippen molar-refractivity contribution in [2.75, 3.05) is 6.61 Å². The summed E-state index contributed by atoms with van der Waals surface area (Å²) in [5.74, 6) is -0.450. The van der Waals surface area contributed by atoms with E-state index < -0.39 is 5.97 Å². The van der Waals surface area contributed by atoms with E-state index in [0.29, 0.717) is 17.8 Å². The number of fused-ring (bicyclic) bond motifs is 1. The summed E-state index contributed by atoms with van der Waals surface area (Å²) in [5.41, 5.74) is 1.17. The predicted molar refractivity (Wildman–Crippen MR) is 56.9 cm³/mol. The Morgan fingerprint density at radius 3 is 3.19 bits per heavy atom. The molecular formula is C10H12N4O2. The second-order valence-electron chi connectivity index (χ2n) is 3.32. The quantitative estimate of drug-likeness (QED) is 0.620. The summed E-state index contributed by atoms with van der Waals surface area (Å²) in [6, 6.07) is 0. The highest BCUT2D eigenvalue weighted by Crippen LogP contribution is 2.05. The van der Waals surface area contributed by atoms with E-state index in [1.54, 1.807) is 0 Å². The summed E-state index contributed by atoms with van der Waals surface area (Å²) in [7, 11) is 0. The van der Waals surface area contributed by atoms with Gasteiger partial charge in [-0.25, -0.2) is 19.7 Å². The van der Waals surface area contributed by atoms with Crippen molar-refractivity contribution in [2.45, 2.75) is 19.8 Å². The highest BCUT2D eigenvalue weighted by Gasteiger charge is 2.11. The van der Waals surface area contributed by atoms with Gasteiger partial charge in [-0.3, -0.25) is 0 Å². The fourth-order valence-corrected chi connectivity index (χ4v) is 1.21. The van der Waals surface area contributed by atoms with E-state index in [9.17, 15) is 4.79 Å². The Bertz CT molecular complexity index is 494. The van der Waals surface area contributed by atoms with Crippen LogP contribution in [-0.2, 0) is 4.74 Å². The molecule has 16 heavy (non-hydrogen) atoms. The van der Waals surface area contributed by atoms with Gasteiger partial charge >= 0.3 is 5.97 Å². The molecular weight excluding hydrogens is 208 g/mol. The number of nitrogens with zero attached hydrogens (tertiary/aromatic N) is 3. The monoisotopic (exact) mass is 220 g/mol. The van der Waals surface area contributed by atoms with E-state index in [0.717, 1.165) is 12.8 Å². The van der Waals surface area contributed by atoms with Crippen LogP contribution in [0.3, 0.4) is 0 Å². The normalized spacial score (nSPS) is 10.6. The molecule has 0 saturated heterocycles. The van der Waals surface area contributed by atoms with Gasteiger partial charge in [-0.15, -0.1) is 0 Å². The van der Waals surface area contributed by atoms with Crippen molar-refractivity contribution in [3.8, 4) is 0 Å². The number of H-pyrrole nitrogens is 1. The molecule has 0 aliphatic rings. The molecule has 84 valence electrons. The minimum Gasteiger partial charge on any atom is -0.460 e. The van der Waals surface area contributed by atoms with Crippen LogP contribution in [0.4, 0.5) is 0 Å². The molecule has 0 radical (unpaired) electrons. The first-order valence-corrected chi connectivity index (χ1v) is 5.14. The molecule has 0 aliphatic carbocycles. The molecule has 1 N–H and O–H groups in total. The second kappa shape index (κ2) is 4.69. The molecule has 2 rings (SSSR count). The van der Waals surface area contributed by atoms with E-state index in [1.165, 1.54) is 12.5 Å². The van der Waals surface area contributed by atoms with Crippen molar-refractivity contribution in [1.82, 2.24) is 19.9 Å². The zero-order valence-corrected chi connectivity index (χ0v) is 8.93. The number of nitrogens with one attached hydrogen (secondary N) is 1. The average molecular weight is 220 g/mol. The highest BCUT2D eigenvalue weighted by atomic mass is 16.5. The largest absolute Gasteiger partial charge is 0.460 e. The van der Waals surface area contributed by atoms with Crippen molar-refractivity contribution >= 4 is 17.1 Å². The summed E-state index contributed by atoms with van der Waals surface area (Å²) in [4.78, 5) is 26.2. The van der Waals surface area contributed by atoms with Gasteiger partial charge in [0.15, 0.2) is 5.65 Å². The molecule has 0 aliphatic heterocycles. The SMILES string of the molecule is CCCCOC(=O)c1ncc2[nH]cnc2n1. The maximum atomic E-state index is 11.5. The molecule has 2 aromatic rings. The van der Waals surface area contributed by atoms with Crippen LogP contribution in [0.25, 0.3) is 11.2 Å². The molecule has 6 heteroatoms. The van der Waals surface area contributed by atoms with Crippen LogP contribution >= 0.6 is 0 Å². The maximum absolute atomic E-state index is 11.5. The zero-order chi connectivity index (χ0) is 11.4. The number of unbranched alkanes of at least 4 members (excludes halogenated alkanes) is 1. The smallest absolute Gasteiger partial charge is 0.376 e. The van der Waals surface area contributed by atoms with Gasteiger partial charge in [0.1, 0.15) is 5.52 Å². The van der Waals surface area contributed by atoms with Gasteiger partial charge in [-0.05, 0) is 6.42 Å². The van der Waals surface area contributed by atoms with Crippen molar-refractivity contribution in [1.29, 1.82) is 0 Å². The van der Waals surface area contributed by atoms with E-state index >= 15 is 0 Å². The number of imidazole rings is 1. The lowest BCUT2D eigenvalue weighted by molar-refractivity contribution is 0.0486. The number of carbonyl (C=O) groups is 1. The Morgan fingerprint density at radius 1 is 1.50 bits per heavy atom. The Labute approximate surface area is 92.1 Å². The Hall–Kier alpha value is -1.98. The predicted octanol–water partition coefficient (Wildman–Crippen LogP) is 1.31. The molecule has 0 fully saturated rings. The summed E-state index contributed by atoms with van der Waals surface area (Å²) in [5, 5.41) is 0. The molecule has 0 spiro atoms.